The summed E-state index contributed by atoms with van der Waals surface area (Å²) in [5.41, 5.74) is 0.639. The second kappa shape index (κ2) is 5.59. The zero-order valence-corrected chi connectivity index (χ0v) is 12.2. The monoisotopic (exact) mass is 335 g/mol. The Hall–Kier alpha value is -0.250. The third-order valence-corrected chi connectivity index (χ3v) is 4.06. The second-order valence-corrected chi connectivity index (χ2v) is 6.02. The van der Waals surface area contributed by atoms with Crippen molar-refractivity contribution < 1.29 is 4.79 Å². The summed E-state index contributed by atoms with van der Waals surface area (Å²) in [4.78, 5) is 14.1. The van der Waals surface area contributed by atoms with Crippen LogP contribution < -0.4 is 0 Å². The van der Waals surface area contributed by atoms with Gasteiger partial charge in [-0.2, -0.15) is 0 Å². The molecular weight excluding hydrogens is 325 g/mol. The highest BCUT2D eigenvalue weighted by Gasteiger charge is 2.24. The van der Waals surface area contributed by atoms with E-state index < -0.39 is 0 Å². The SMILES string of the molecule is O=C(c1ccc(Cl)cc1Br)N1CCCC(Cl)C1. The third-order valence-electron chi connectivity index (χ3n) is 2.81. The number of piperidine rings is 1. The number of benzene rings is 1. The Bertz CT molecular complexity index is 439. The number of hydrogen-bond donors (Lipinski definition) is 0. The molecule has 1 aromatic carbocycles. The molecule has 2 rings (SSSR count). The van der Waals surface area contributed by atoms with Gasteiger partial charge in [0.2, 0.25) is 0 Å². The highest BCUT2D eigenvalue weighted by atomic mass is 79.9. The smallest absolute Gasteiger partial charge is 0.255 e. The molecule has 1 aliphatic rings. The molecule has 92 valence electrons. The Labute approximate surface area is 119 Å². The van der Waals surface area contributed by atoms with Gasteiger partial charge in [-0.25, -0.2) is 0 Å². The molecule has 1 amide bonds. The van der Waals surface area contributed by atoms with Gasteiger partial charge in [0, 0.05) is 22.6 Å². The van der Waals surface area contributed by atoms with Crippen molar-refractivity contribution in [2.45, 2.75) is 18.2 Å². The third kappa shape index (κ3) is 3.15. The van der Waals surface area contributed by atoms with Crippen molar-refractivity contribution in [3.63, 3.8) is 0 Å². The lowest BCUT2D eigenvalue weighted by Crippen LogP contribution is -2.40. The predicted octanol–water partition coefficient (Wildman–Crippen LogP) is 3.95. The summed E-state index contributed by atoms with van der Waals surface area (Å²) in [7, 11) is 0. The molecule has 0 bridgehead atoms. The molecule has 1 unspecified atom stereocenters. The van der Waals surface area contributed by atoms with Gasteiger partial charge < -0.3 is 4.90 Å². The van der Waals surface area contributed by atoms with E-state index in [0.29, 0.717) is 17.1 Å². The second-order valence-electron chi connectivity index (χ2n) is 4.11. The van der Waals surface area contributed by atoms with Gasteiger partial charge >= 0.3 is 0 Å². The van der Waals surface area contributed by atoms with Gasteiger partial charge in [0.15, 0.2) is 0 Å². The van der Waals surface area contributed by atoms with Crippen LogP contribution in [0.25, 0.3) is 0 Å². The van der Waals surface area contributed by atoms with Crippen molar-refractivity contribution in [1.29, 1.82) is 0 Å². The quantitative estimate of drug-likeness (QED) is 0.711. The number of nitrogens with zero attached hydrogens (tertiary/aromatic N) is 1. The fourth-order valence-corrected chi connectivity index (χ4v) is 3.12. The van der Waals surface area contributed by atoms with Crippen LogP contribution in [0.1, 0.15) is 23.2 Å². The van der Waals surface area contributed by atoms with Crippen molar-refractivity contribution in [1.82, 2.24) is 4.90 Å². The summed E-state index contributed by atoms with van der Waals surface area (Å²) in [6.45, 7) is 1.40. The summed E-state index contributed by atoms with van der Waals surface area (Å²) >= 11 is 15.3. The molecule has 1 aliphatic heterocycles. The van der Waals surface area contributed by atoms with Crippen LogP contribution in [0.15, 0.2) is 22.7 Å². The van der Waals surface area contributed by atoms with Gasteiger partial charge in [-0.15, -0.1) is 11.6 Å². The topological polar surface area (TPSA) is 20.3 Å². The maximum Gasteiger partial charge on any atom is 0.255 e. The van der Waals surface area contributed by atoms with Crippen LogP contribution in [0.3, 0.4) is 0 Å². The summed E-state index contributed by atoms with van der Waals surface area (Å²) in [5.74, 6) is 0.0129. The Balaban J connectivity index is 2.18. The fourth-order valence-electron chi connectivity index (χ4n) is 1.94. The largest absolute Gasteiger partial charge is 0.337 e. The first-order chi connectivity index (χ1) is 8.08. The normalized spacial score (nSPS) is 20.4. The van der Waals surface area contributed by atoms with E-state index in [9.17, 15) is 4.79 Å². The minimum atomic E-state index is 0.0129. The van der Waals surface area contributed by atoms with Crippen LogP contribution in [-0.2, 0) is 0 Å². The minimum Gasteiger partial charge on any atom is -0.337 e. The molecule has 0 spiro atoms. The predicted molar refractivity (Wildman–Crippen MR) is 73.9 cm³/mol. The van der Waals surface area contributed by atoms with Gasteiger partial charge in [0.25, 0.3) is 5.91 Å². The molecular formula is C12H12BrCl2NO. The lowest BCUT2D eigenvalue weighted by molar-refractivity contribution is 0.0726. The molecule has 1 aromatic rings. The van der Waals surface area contributed by atoms with Crippen molar-refractivity contribution in [3.8, 4) is 0 Å². The highest BCUT2D eigenvalue weighted by Crippen LogP contribution is 2.24. The molecule has 1 heterocycles. The zero-order valence-electron chi connectivity index (χ0n) is 9.13. The van der Waals surface area contributed by atoms with Gasteiger partial charge in [-0.1, -0.05) is 11.6 Å². The number of halogens is 3. The Morgan fingerprint density at radius 2 is 2.24 bits per heavy atom. The maximum absolute atomic E-state index is 12.3. The van der Waals surface area contributed by atoms with Crippen LogP contribution in [0.5, 0.6) is 0 Å². The van der Waals surface area contributed by atoms with Gasteiger partial charge in [0.05, 0.1) is 10.9 Å². The summed E-state index contributed by atoms with van der Waals surface area (Å²) in [6.07, 6.45) is 1.94. The van der Waals surface area contributed by atoms with Crippen LogP contribution in [-0.4, -0.2) is 29.3 Å². The van der Waals surface area contributed by atoms with Gasteiger partial charge in [-0.05, 0) is 47.0 Å². The van der Waals surface area contributed by atoms with Crippen molar-refractivity contribution >= 4 is 45.0 Å². The Morgan fingerprint density at radius 3 is 2.88 bits per heavy atom. The van der Waals surface area contributed by atoms with Crippen molar-refractivity contribution in [2.24, 2.45) is 0 Å². The first-order valence-electron chi connectivity index (χ1n) is 5.46. The van der Waals surface area contributed by atoms with E-state index in [4.69, 9.17) is 23.2 Å². The lowest BCUT2D eigenvalue weighted by Gasteiger charge is -2.30. The molecule has 0 aliphatic carbocycles. The summed E-state index contributed by atoms with van der Waals surface area (Å²) in [6, 6.07) is 5.20. The van der Waals surface area contributed by atoms with Gasteiger partial charge in [0.1, 0.15) is 0 Å². The molecule has 2 nitrogen and oxygen atoms in total. The van der Waals surface area contributed by atoms with E-state index >= 15 is 0 Å². The molecule has 0 aromatic heterocycles. The molecule has 1 saturated heterocycles. The van der Waals surface area contributed by atoms with Crippen LogP contribution >= 0.6 is 39.1 Å². The van der Waals surface area contributed by atoms with Crippen LogP contribution in [0, 0.1) is 0 Å². The van der Waals surface area contributed by atoms with Gasteiger partial charge in [-0.3, -0.25) is 4.79 Å². The molecule has 1 atom stereocenters. The van der Waals surface area contributed by atoms with E-state index in [2.05, 4.69) is 15.9 Å². The lowest BCUT2D eigenvalue weighted by atomic mass is 10.1. The first-order valence-corrected chi connectivity index (χ1v) is 7.07. The molecule has 1 fully saturated rings. The van der Waals surface area contributed by atoms with Crippen molar-refractivity contribution in [2.75, 3.05) is 13.1 Å². The fraction of sp³-hybridized carbons (Fsp3) is 0.417. The maximum atomic E-state index is 12.3. The average molecular weight is 337 g/mol. The molecule has 5 heteroatoms. The van der Waals surface area contributed by atoms with E-state index in [1.54, 1.807) is 23.1 Å². The van der Waals surface area contributed by atoms with Crippen LogP contribution in [0.4, 0.5) is 0 Å². The summed E-state index contributed by atoms with van der Waals surface area (Å²) in [5, 5.41) is 0.682. The highest BCUT2D eigenvalue weighted by molar-refractivity contribution is 9.10. The molecule has 0 N–H and O–H groups in total. The first kappa shape index (κ1) is 13.2. The average Bonchev–Trinajstić information content (AvgIpc) is 2.28. The number of rotatable bonds is 1. The molecule has 0 radical (unpaired) electrons. The minimum absolute atomic E-state index is 0.0129. The molecule has 0 saturated carbocycles. The van der Waals surface area contributed by atoms with E-state index in [-0.39, 0.29) is 11.3 Å². The van der Waals surface area contributed by atoms with E-state index in [1.165, 1.54) is 0 Å². The molecule has 17 heavy (non-hydrogen) atoms. The number of carbonyl (C=O) groups excluding carboxylic acids is 1. The van der Waals surface area contributed by atoms with Crippen molar-refractivity contribution in [3.05, 3.63) is 33.3 Å². The number of likely N-dealkylation sites (tertiary alicyclic amines) is 1. The number of amides is 1. The number of alkyl halides is 1. The standard InChI is InChI=1S/C12H12BrCl2NO/c13-11-6-8(14)3-4-10(11)12(17)16-5-1-2-9(15)7-16/h3-4,6,9H,1-2,5,7H2. The van der Waals surface area contributed by atoms with E-state index in [0.717, 1.165) is 23.9 Å². The Morgan fingerprint density at radius 1 is 1.47 bits per heavy atom. The number of carbonyl (C=O) groups is 1. The Kier molecular flexibility index (Phi) is 4.34. The van der Waals surface area contributed by atoms with Crippen LogP contribution in [0.2, 0.25) is 5.02 Å². The number of hydrogen-bond acceptors (Lipinski definition) is 1. The zero-order chi connectivity index (χ0) is 12.4. The van der Waals surface area contributed by atoms with E-state index in [1.807, 2.05) is 0 Å². The summed E-state index contributed by atoms with van der Waals surface area (Å²) < 4.78 is 0.728.